The molecule has 0 radical (unpaired) electrons. The van der Waals surface area contributed by atoms with E-state index in [2.05, 4.69) is 15.3 Å². The number of aromatic nitrogens is 3. The normalized spacial score (nSPS) is 10.9. The monoisotopic (exact) mass is 390 g/mol. The molecule has 0 saturated heterocycles. The molecule has 2 heterocycles. The summed E-state index contributed by atoms with van der Waals surface area (Å²) in [4.78, 5) is 21.5. The van der Waals surface area contributed by atoms with Gasteiger partial charge in [0, 0.05) is 25.9 Å². The van der Waals surface area contributed by atoms with E-state index in [1.54, 1.807) is 43.9 Å². The molecule has 1 amide bonds. The van der Waals surface area contributed by atoms with Gasteiger partial charge in [-0.25, -0.2) is 14.4 Å². The first-order valence-corrected chi connectivity index (χ1v) is 9.03. The zero-order valence-electron chi connectivity index (χ0n) is 16.0. The lowest BCUT2D eigenvalue weighted by atomic mass is 10.0. The Hall–Kier alpha value is -3.74. The summed E-state index contributed by atoms with van der Waals surface area (Å²) in [6.07, 6.45) is 3.30. The molecule has 146 valence electrons. The number of hydrogen-bond donors (Lipinski definition) is 1. The number of aryl methyl sites for hydroxylation is 1. The molecule has 0 spiro atoms. The van der Waals surface area contributed by atoms with Crippen molar-refractivity contribution < 1.29 is 13.9 Å². The van der Waals surface area contributed by atoms with Crippen LogP contribution in [0.25, 0.3) is 22.2 Å². The van der Waals surface area contributed by atoms with E-state index in [1.807, 2.05) is 23.7 Å². The van der Waals surface area contributed by atoms with Crippen molar-refractivity contribution in [1.29, 1.82) is 0 Å². The summed E-state index contributed by atoms with van der Waals surface area (Å²) in [5.41, 5.74) is 4.42. The molecule has 1 N–H and O–H groups in total. The smallest absolute Gasteiger partial charge is 0.253 e. The molecule has 0 saturated carbocycles. The topological polar surface area (TPSA) is 69.0 Å². The molecule has 4 rings (SSSR count). The number of nitrogens with one attached hydrogen (secondary N) is 1. The third-order valence-electron chi connectivity index (χ3n) is 4.70. The van der Waals surface area contributed by atoms with Crippen LogP contribution in [0.3, 0.4) is 0 Å². The van der Waals surface area contributed by atoms with Gasteiger partial charge in [-0.3, -0.25) is 4.79 Å². The first kappa shape index (κ1) is 18.6. The van der Waals surface area contributed by atoms with Crippen molar-refractivity contribution in [3.63, 3.8) is 0 Å². The summed E-state index contributed by atoms with van der Waals surface area (Å²) < 4.78 is 20.2. The number of rotatable bonds is 5. The van der Waals surface area contributed by atoms with Gasteiger partial charge >= 0.3 is 0 Å². The molecule has 0 atom stereocenters. The van der Waals surface area contributed by atoms with Gasteiger partial charge in [0.1, 0.15) is 5.82 Å². The van der Waals surface area contributed by atoms with Crippen molar-refractivity contribution in [2.75, 3.05) is 7.11 Å². The lowest BCUT2D eigenvalue weighted by Gasteiger charge is -2.11. The Morgan fingerprint density at radius 1 is 1.10 bits per heavy atom. The number of carbonyl (C=O) groups excluding carboxylic acids is 1. The van der Waals surface area contributed by atoms with E-state index < -0.39 is 0 Å². The van der Waals surface area contributed by atoms with Crippen LogP contribution in [0.15, 0.2) is 61.1 Å². The highest BCUT2D eigenvalue weighted by atomic mass is 19.1. The van der Waals surface area contributed by atoms with Gasteiger partial charge in [-0.05, 0) is 47.0 Å². The summed E-state index contributed by atoms with van der Waals surface area (Å²) in [5.74, 6) is -0.0409. The second kappa shape index (κ2) is 7.71. The second-order valence-corrected chi connectivity index (χ2v) is 6.64. The first-order valence-electron chi connectivity index (χ1n) is 9.03. The molecule has 0 bridgehead atoms. The zero-order valence-corrected chi connectivity index (χ0v) is 16.0. The number of amides is 1. The quantitative estimate of drug-likeness (QED) is 0.564. The number of pyridine rings is 1. The van der Waals surface area contributed by atoms with E-state index in [-0.39, 0.29) is 11.7 Å². The van der Waals surface area contributed by atoms with E-state index in [4.69, 9.17) is 4.74 Å². The molecule has 2 aromatic heterocycles. The lowest BCUT2D eigenvalue weighted by Crippen LogP contribution is -2.23. The van der Waals surface area contributed by atoms with Crippen LogP contribution in [0.4, 0.5) is 4.39 Å². The molecule has 0 aliphatic heterocycles. The van der Waals surface area contributed by atoms with Crippen LogP contribution in [-0.2, 0) is 13.6 Å². The molecule has 2 aromatic carbocycles. The van der Waals surface area contributed by atoms with Crippen LogP contribution in [0.5, 0.6) is 5.88 Å². The van der Waals surface area contributed by atoms with Crippen LogP contribution in [0.2, 0.25) is 0 Å². The van der Waals surface area contributed by atoms with Gasteiger partial charge in [-0.2, -0.15) is 0 Å². The lowest BCUT2D eigenvalue weighted by molar-refractivity contribution is 0.0952. The number of methoxy groups -OCH3 is 1. The summed E-state index contributed by atoms with van der Waals surface area (Å²) in [5, 5.41) is 2.94. The predicted molar refractivity (Wildman–Crippen MR) is 108 cm³/mol. The van der Waals surface area contributed by atoms with E-state index >= 15 is 0 Å². The number of benzene rings is 2. The molecule has 29 heavy (non-hydrogen) atoms. The molecular formula is C22H19FN4O2. The fraction of sp³-hybridized carbons (Fsp3) is 0.136. The third-order valence-corrected chi connectivity index (χ3v) is 4.70. The van der Waals surface area contributed by atoms with Crippen molar-refractivity contribution in [1.82, 2.24) is 19.9 Å². The van der Waals surface area contributed by atoms with Gasteiger partial charge in [-0.15, -0.1) is 0 Å². The second-order valence-electron chi connectivity index (χ2n) is 6.64. The van der Waals surface area contributed by atoms with Crippen molar-refractivity contribution in [3.8, 4) is 17.0 Å². The molecule has 7 heteroatoms. The minimum atomic E-state index is -0.307. The van der Waals surface area contributed by atoms with Gasteiger partial charge in [0.15, 0.2) is 0 Å². The van der Waals surface area contributed by atoms with Crippen LogP contribution < -0.4 is 10.1 Å². The van der Waals surface area contributed by atoms with E-state index in [0.29, 0.717) is 23.5 Å². The van der Waals surface area contributed by atoms with Crippen molar-refractivity contribution in [2.24, 2.45) is 7.05 Å². The Morgan fingerprint density at radius 2 is 1.90 bits per heavy atom. The van der Waals surface area contributed by atoms with Crippen LogP contribution in [0.1, 0.15) is 15.9 Å². The maximum atomic E-state index is 13.3. The van der Waals surface area contributed by atoms with Gasteiger partial charge in [0.2, 0.25) is 5.88 Å². The zero-order chi connectivity index (χ0) is 20.4. The Labute approximate surface area is 167 Å². The molecule has 0 aliphatic carbocycles. The largest absolute Gasteiger partial charge is 0.481 e. The molecule has 0 fully saturated rings. The average Bonchev–Trinajstić information content (AvgIpc) is 3.13. The molecule has 4 aromatic rings. The Bertz CT molecular complexity index is 1190. The highest BCUT2D eigenvalue weighted by Gasteiger charge is 2.16. The number of ether oxygens (including phenoxy) is 1. The van der Waals surface area contributed by atoms with Crippen LogP contribution in [-0.4, -0.2) is 27.6 Å². The van der Waals surface area contributed by atoms with Gasteiger partial charge in [0.05, 0.1) is 30.0 Å². The molecular weight excluding hydrogens is 371 g/mol. The molecule has 6 nitrogen and oxygen atoms in total. The summed E-state index contributed by atoms with van der Waals surface area (Å²) >= 11 is 0. The maximum absolute atomic E-state index is 13.3. The number of carbonyl (C=O) groups is 1. The van der Waals surface area contributed by atoms with Crippen molar-refractivity contribution >= 4 is 16.9 Å². The minimum Gasteiger partial charge on any atom is -0.481 e. The van der Waals surface area contributed by atoms with Crippen LogP contribution >= 0.6 is 0 Å². The predicted octanol–water partition coefficient (Wildman–Crippen LogP) is 3.71. The number of nitrogens with zero attached hydrogens (tertiary/aromatic N) is 3. The standard InChI is InChI=1S/C22H19FN4O2/c1-27-13-26-19-11-16(15-3-5-17(23)6-4-15)10-18(21(19)27)22(28)25-12-14-7-8-24-20(9-14)29-2/h3-11,13H,12H2,1-2H3,(H,25,28). The van der Waals surface area contributed by atoms with Crippen molar-refractivity contribution in [2.45, 2.75) is 6.54 Å². The first-order chi connectivity index (χ1) is 14.0. The van der Waals surface area contributed by atoms with Gasteiger partial charge < -0.3 is 14.6 Å². The Balaban J connectivity index is 1.68. The van der Waals surface area contributed by atoms with E-state index in [0.717, 1.165) is 22.2 Å². The SMILES string of the molecule is COc1cc(CNC(=O)c2cc(-c3ccc(F)cc3)cc3ncn(C)c23)ccn1. The Morgan fingerprint density at radius 3 is 2.66 bits per heavy atom. The third kappa shape index (κ3) is 3.80. The molecule has 0 unspecified atom stereocenters. The number of fused-ring (bicyclic) bond motifs is 1. The number of halogens is 1. The minimum absolute atomic E-state index is 0.224. The van der Waals surface area contributed by atoms with E-state index in [9.17, 15) is 9.18 Å². The summed E-state index contributed by atoms with van der Waals surface area (Å²) in [7, 11) is 3.39. The van der Waals surface area contributed by atoms with E-state index in [1.165, 1.54) is 12.1 Å². The number of hydrogen-bond acceptors (Lipinski definition) is 4. The fourth-order valence-electron chi connectivity index (χ4n) is 3.23. The highest BCUT2D eigenvalue weighted by molar-refractivity contribution is 6.06. The maximum Gasteiger partial charge on any atom is 0.253 e. The van der Waals surface area contributed by atoms with Gasteiger partial charge in [-0.1, -0.05) is 12.1 Å². The average molecular weight is 390 g/mol. The van der Waals surface area contributed by atoms with Crippen molar-refractivity contribution in [3.05, 3.63) is 78.0 Å². The summed E-state index contributed by atoms with van der Waals surface area (Å²) in [6.45, 7) is 0.331. The van der Waals surface area contributed by atoms with Gasteiger partial charge in [0.25, 0.3) is 5.91 Å². The summed E-state index contributed by atoms with van der Waals surface area (Å²) in [6, 6.07) is 13.5. The Kier molecular flexibility index (Phi) is 4.95. The van der Waals surface area contributed by atoms with Crippen LogP contribution in [0, 0.1) is 5.82 Å². The number of imidazole rings is 1. The molecule has 0 aliphatic rings. The highest BCUT2D eigenvalue weighted by Crippen LogP contribution is 2.27. The fourth-order valence-corrected chi connectivity index (χ4v) is 3.23.